The molecule has 0 aliphatic heterocycles. The second kappa shape index (κ2) is 5.59. The van der Waals surface area contributed by atoms with Crippen molar-refractivity contribution in [2.75, 3.05) is 18.8 Å². The van der Waals surface area contributed by atoms with Crippen molar-refractivity contribution in [2.24, 2.45) is 0 Å². The molecule has 0 heterocycles. The maximum Gasteiger partial charge on any atom is 0.255 e. The van der Waals surface area contributed by atoms with E-state index >= 15 is 0 Å². The van der Waals surface area contributed by atoms with E-state index in [2.05, 4.69) is 0 Å². The monoisotopic (exact) mass is 270 g/mol. The first kappa shape index (κ1) is 14.8. The number of likely N-dealkylation sites (N-methyl/N-ethyl adjacent to an activating group) is 1. The van der Waals surface area contributed by atoms with Gasteiger partial charge in [0, 0.05) is 13.1 Å². The quantitative estimate of drug-likeness (QED) is 0.824. The van der Waals surface area contributed by atoms with Crippen LogP contribution in [0.15, 0.2) is 18.2 Å². The third-order valence-electron chi connectivity index (χ3n) is 2.51. The van der Waals surface area contributed by atoms with E-state index in [1.807, 2.05) is 6.92 Å². The molecule has 5 heteroatoms. The number of hydrogen-bond acceptors (Lipinski definition) is 3. The average molecular weight is 271 g/mol. The number of anilines is 1. The minimum absolute atomic E-state index is 0.225. The molecule has 0 aliphatic carbocycles. The van der Waals surface area contributed by atoms with Gasteiger partial charge in [0.25, 0.3) is 5.91 Å². The molecule has 18 heavy (non-hydrogen) atoms. The fraction of sp³-hybridized carbons (Fsp3) is 0.462. The molecule has 0 spiro atoms. The number of carbonyl (C=O) groups excluding carboxylic acids is 1. The van der Waals surface area contributed by atoms with Crippen molar-refractivity contribution in [1.82, 2.24) is 4.90 Å². The highest BCUT2D eigenvalue weighted by molar-refractivity contribution is 6.36. The minimum Gasteiger partial charge on any atom is -0.398 e. The lowest BCUT2D eigenvalue weighted by atomic mass is 10.1. The summed E-state index contributed by atoms with van der Waals surface area (Å²) in [7, 11) is 0. The summed E-state index contributed by atoms with van der Waals surface area (Å²) >= 11 is 6.03. The second-order valence-corrected chi connectivity index (χ2v) is 5.22. The van der Waals surface area contributed by atoms with Gasteiger partial charge in [-0.1, -0.05) is 17.7 Å². The Labute approximate surface area is 112 Å². The van der Waals surface area contributed by atoms with Crippen LogP contribution < -0.4 is 5.73 Å². The molecule has 1 aromatic rings. The van der Waals surface area contributed by atoms with Crippen LogP contribution in [0.25, 0.3) is 0 Å². The number of nitrogens with two attached hydrogens (primary N) is 1. The highest BCUT2D eigenvalue weighted by Gasteiger charge is 2.23. The SMILES string of the molecule is CCN(CC(C)(C)O)C(=O)c1cccc(N)c1Cl. The van der Waals surface area contributed by atoms with E-state index in [1.165, 1.54) is 0 Å². The van der Waals surface area contributed by atoms with Gasteiger partial charge in [-0.3, -0.25) is 4.79 Å². The molecule has 0 radical (unpaired) electrons. The average Bonchev–Trinajstić information content (AvgIpc) is 2.27. The van der Waals surface area contributed by atoms with E-state index in [0.29, 0.717) is 17.8 Å². The topological polar surface area (TPSA) is 66.6 Å². The van der Waals surface area contributed by atoms with Crippen LogP contribution in [-0.4, -0.2) is 34.6 Å². The summed E-state index contributed by atoms with van der Waals surface area (Å²) < 4.78 is 0. The van der Waals surface area contributed by atoms with E-state index in [4.69, 9.17) is 17.3 Å². The Morgan fingerprint density at radius 3 is 2.61 bits per heavy atom. The molecule has 100 valence electrons. The lowest BCUT2D eigenvalue weighted by Gasteiger charge is -2.28. The van der Waals surface area contributed by atoms with Gasteiger partial charge in [0.2, 0.25) is 0 Å². The molecule has 0 fully saturated rings. The Balaban J connectivity index is 3.01. The summed E-state index contributed by atoms with van der Waals surface area (Å²) in [6.45, 7) is 5.90. The summed E-state index contributed by atoms with van der Waals surface area (Å²) in [5.74, 6) is -0.225. The van der Waals surface area contributed by atoms with Crippen molar-refractivity contribution < 1.29 is 9.90 Å². The van der Waals surface area contributed by atoms with E-state index in [-0.39, 0.29) is 17.5 Å². The van der Waals surface area contributed by atoms with Gasteiger partial charge in [-0.2, -0.15) is 0 Å². The van der Waals surface area contributed by atoms with Gasteiger partial charge in [0.1, 0.15) is 0 Å². The molecule has 0 bridgehead atoms. The van der Waals surface area contributed by atoms with Crippen LogP contribution in [0, 0.1) is 0 Å². The van der Waals surface area contributed by atoms with Crippen LogP contribution in [0.3, 0.4) is 0 Å². The van der Waals surface area contributed by atoms with Crippen LogP contribution in [0.2, 0.25) is 5.02 Å². The van der Waals surface area contributed by atoms with Crippen molar-refractivity contribution in [2.45, 2.75) is 26.4 Å². The summed E-state index contributed by atoms with van der Waals surface area (Å²) in [5.41, 5.74) is 5.47. The van der Waals surface area contributed by atoms with E-state index < -0.39 is 5.60 Å². The predicted molar refractivity (Wildman–Crippen MR) is 73.7 cm³/mol. The smallest absolute Gasteiger partial charge is 0.255 e. The van der Waals surface area contributed by atoms with Crippen molar-refractivity contribution in [1.29, 1.82) is 0 Å². The molecule has 3 N–H and O–H groups in total. The summed E-state index contributed by atoms with van der Waals surface area (Å²) in [4.78, 5) is 13.8. The molecule has 1 aromatic carbocycles. The number of amides is 1. The zero-order valence-electron chi connectivity index (χ0n) is 10.9. The van der Waals surface area contributed by atoms with Crippen molar-refractivity contribution in [3.05, 3.63) is 28.8 Å². The summed E-state index contributed by atoms with van der Waals surface area (Å²) in [6, 6.07) is 4.96. The first-order chi connectivity index (χ1) is 8.26. The first-order valence-electron chi connectivity index (χ1n) is 5.82. The van der Waals surface area contributed by atoms with Crippen LogP contribution in [0.4, 0.5) is 5.69 Å². The molecule has 0 aliphatic rings. The Kier molecular flexibility index (Phi) is 4.59. The Bertz CT molecular complexity index is 441. The van der Waals surface area contributed by atoms with E-state index in [0.717, 1.165) is 0 Å². The molecular formula is C13H19ClN2O2. The predicted octanol–water partition coefficient (Wildman–Crippen LogP) is 2.16. The Morgan fingerprint density at radius 1 is 1.50 bits per heavy atom. The normalized spacial score (nSPS) is 11.4. The number of carbonyl (C=O) groups is 1. The van der Waals surface area contributed by atoms with Crippen LogP contribution >= 0.6 is 11.6 Å². The molecule has 1 amide bonds. The molecule has 0 unspecified atom stereocenters. The maximum absolute atomic E-state index is 12.3. The third-order valence-corrected chi connectivity index (χ3v) is 2.93. The molecule has 4 nitrogen and oxygen atoms in total. The fourth-order valence-electron chi connectivity index (χ4n) is 1.68. The highest BCUT2D eigenvalue weighted by atomic mass is 35.5. The van der Waals surface area contributed by atoms with Gasteiger partial charge in [0.15, 0.2) is 0 Å². The van der Waals surface area contributed by atoms with Gasteiger partial charge in [-0.05, 0) is 32.9 Å². The first-order valence-corrected chi connectivity index (χ1v) is 6.19. The highest BCUT2D eigenvalue weighted by Crippen LogP contribution is 2.24. The second-order valence-electron chi connectivity index (χ2n) is 4.84. The van der Waals surface area contributed by atoms with Gasteiger partial charge in [-0.25, -0.2) is 0 Å². The van der Waals surface area contributed by atoms with Gasteiger partial charge >= 0.3 is 0 Å². The van der Waals surface area contributed by atoms with E-state index in [9.17, 15) is 9.90 Å². The van der Waals surface area contributed by atoms with Gasteiger partial charge < -0.3 is 15.7 Å². The van der Waals surface area contributed by atoms with Crippen molar-refractivity contribution in [3.8, 4) is 0 Å². The third kappa shape index (κ3) is 3.62. The molecule has 0 atom stereocenters. The lowest BCUT2D eigenvalue weighted by Crippen LogP contribution is -2.42. The summed E-state index contributed by atoms with van der Waals surface area (Å²) in [6.07, 6.45) is 0. The van der Waals surface area contributed by atoms with Gasteiger partial charge in [0.05, 0.1) is 21.9 Å². The zero-order valence-corrected chi connectivity index (χ0v) is 11.7. The number of aliphatic hydroxyl groups is 1. The largest absolute Gasteiger partial charge is 0.398 e. The Hall–Kier alpha value is -1.26. The van der Waals surface area contributed by atoms with E-state index in [1.54, 1.807) is 36.9 Å². The fourth-order valence-corrected chi connectivity index (χ4v) is 1.89. The number of nitrogen functional groups attached to an aromatic ring is 1. The molecule has 0 saturated heterocycles. The van der Waals surface area contributed by atoms with Crippen molar-refractivity contribution >= 4 is 23.2 Å². The number of rotatable bonds is 4. The standard InChI is InChI=1S/C13H19ClN2O2/c1-4-16(8-13(2,3)18)12(17)9-6-5-7-10(15)11(9)14/h5-7,18H,4,8,15H2,1-3H3. The van der Waals surface area contributed by atoms with Crippen LogP contribution in [-0.2, 0) is 0 Å². The van der Waals surface area contributed by atoms with Crippen molar-refractivity contribution in [3.63, 3.8) is 0 Å². The van der Waals surface area contributed by atoms with Gasteiger partial charge in [-0.15, -0.1) is 0 Å². The zero-order chi connectivity index (χ0) is 13.9. The van der Waals surface area contributed by atoms with Crippen LogP contribution in [0.5, 0.6) is 0 Å². The number of benzene rings is 1. The number of hydrogen-bond donors (Lipinski definition) is 2. The molecule has 1 rings (SSSR count). The maximum atomic E-state index is 12.3. The summed E-state index contributed by atoms with van der Waals surface area (Å²) in [5, 5.41) is 10.0. The minimum atomic E-state index is -0.946. The van der Waals surface area contributed by atoms with Crippen LogP contribution in [0.1, 0.15) is 31.1 Å². The lowest BCUT2D eigenvalue weighted by molar-refractivity contribution is 0.0315. The number of nitrogens with zero attached hydrogens (tertiary/aromatic N) is 1. The molecule has 0 aromatic heterocycles. The molecule has 0 saturated carbocycles. The Morgan fingerprint density at radius 2 is 2.11 bits per heavy atom. The number of halogens is 1. The molecular weight excluding hydrogens is 252 g/mol.